The first kappa shape index (κ1) is 8.10. The third-order valence-corrected chi connectivity index (χ3v) is 0.987. The molecule has 4 heteroatoms. The maximum absolute atomic E-state index is 10.3. The highest BCUT2D eigenvalue weighted by atomic mass is 16.4. The van der Waals surface area contributed by atoms with E-state index in [1.807, 2.05) is 0 Å². The van der Waals surface area contributed by atoms with Crippen molar-refractivity contribution in [3.05, 3.63) is 0 Å². The SMILES string of the molecule is CC[C@@H](N)C(=O)C(=O)O. The summed E-state index contributed by atoms with van der Waals surface area (Å²) >= 11 is 0. The molecule has 0 unspecified atom stereocenters. The number of carboxylic acid groups (broad SMARTS) is 1. The zero-order valence-corrected chi connectivity index (χ0v) is 5.13. The molecule has 0 saturated carbocycles. The Hall–Kier alpha value is -0.900. The number of carboxylic acids is 1. The van der Waals surface area contributed by atoms with Gasteiger partial charge in [0.1, 0.15) is 0 Å². The topological polar surface area (TPSA) is 80.4 Å². The Kier molecular flexibility index (Phi) is 2.87. The molecule has 0 fully saturated rings. The second-order valence-corrected chi connectivity index (χ2v) is 1.68. The molecular formula is C5H9NO3. The van der Waals surface area contributed by atoms with Crippen LogP contribution in [0.15, 0.2) is 0 Å². The molecule has 0 aromatic carbocycles. The number of aliphatic carboxylic acids is 1. The number of hydrogen-bond acceptors (Lipinski definition) is 3. The highest BCUT2D eigenvalue weighted by molar-refractivity contribution is 6.34. The van der Waals surface area contributed by atoms with Crippen LogP contribution in [0.25, 0.3) is 0 Å². The summed E-state index contributed by atoms with van der Waals surface area (Å²) in [7, 11) is 0. The van der Waals surface area contributed by atoms with E-state index in [-0.39, 0.29) is 0 Å². The number of Topliss-reactive ketones (excluding diaryl/α,β-unsaturated/α-hetero) is 1. The lowest BCUT2D eigenvalue weighted by atomic mass is 10.1. The van der Waals surface area contributed by atoms with Crippen molar-refractivity contribution in [2.75, 3.05) is 0 Å². The molecule has 0 aliphatic rings. The van der Waals surface area contributed by atoms with Gasteiger partial charge in [-0.05, 0) is 6.42 Å². The molecular weight excluding hydrogens is 122 g/mol. The van der Waals surface area contributed by atoms with Crippen molar-refractivity contribution in [2.45, 2.75) is 19.4 Å². The monoisotopic (exact) mass is 131 g/mol. The van der Waals surface area contributed by atoms with Crippen molar-refractivity contribution in [3.8, 4) is 0 Å². The first-order valence-corrected chi connectivity index (χ1v) is 2.62. The Morgan fingerprint density at radius 2 is 2.11 bits per heavy atom. The number of hydrogen-bond donors (Lipinski definition) is 2. The van der Waals surface area contributed by atoms with Gasteiger partial charge in [0, 0.05) is 0 Å². The maximum Gasteiger partial charge on any atom is 0.373 e. The van der Waals surface area contributed by atoms with Crippen LogP contribution in [0.5, 0.6) is 0 Å². The highest BCUT2D eigenvalue weighted by Crippen LogP contribution is 1.87. The maximum atomic E-state index is 10.3. The molecule has 9 heavy (non-hydrogen) atoms. The van der Waals surface area contributed by atoms with Crippen LogP contribution in [-0.4, -0.2) is 22.9 Å². The first-order valence-electron chi connectivity index (χ1n) is 2.62. The molecule has 0 aromatic rings. The van der Waals surface area contributed by atoms with E-state index in [1.165, 1.54) is 0 Å². The summed E-state index contributed by atoms with van der Waals surface area (Å²) in [4.78, 5) is 20.2. The van der Waals surface area contributed by atoms with Crippen LogP contribution in [0, 0.1) is 0 Å². The average Bonchev–Trinajstić information content (AvgIpc) is 1.84. The van der Waals surface area contributed by atoms with Crippen LogP contribution >= 0.6 is 0 Å². The van der Waals surface area contributed by atoms with Gasteiger partial charge in [-0.25, -0.2) is 4.79 Å². The van der Waals surface area contributed by atoms with Crippen LogP contribution in [0.2, 0.25) is 0 Å². The van der Waals surface area contributed by atoms with E-state index in [1.54, 1.807) is 6.92 Å². The van der Waals surface area contributed by atoms with E-state index in [4.69, 9.17) is 10.8 Å². The molecule has 0 aromatic heterocycles. The largest absolute Gasteiger partial charge is 0.475 e. The molecule has 52 valence electrons. The summed E-state index contributed by atoms with van der Waals surface area (Å²) in [6.45, 7) is 1.66. The zero-order valence-electron chi connectivity index (χ0n) is 5.13. The summed E-state index contributed by atoms with van der Waals surface area (Å²) in [5.41, 5.74) is 5.09. The van der Waals surface area contributed by atoms with Gasteiger partial charge in [-0.15, -0.1) is 0 Å². The zero-order chi connectivity index (χ0) is 7.44. The molecule has 1 atom stereocenters. The number of ketones is 1. The van der Waals surface area contributed by atoms with Gasteiger partial charge in [-0.2, -0.15) is 0 Å². The van der Waals surface area contributed by atoms with E-state index < -0.39 is 17.8 Å². The molecule has 0 bridgehead atoms. The van der Waals surface area contributed by atoms with E-state index >= 15 is 0 Å². The molecule has 0 aliphatic heterocycles. The molecule has 4 nitrogen and oxygen atoms in total. The highest BCUT2D eigenvalue weighted by Gasteiger charge is 2.18. The predicted octanol–water partition coefficient (Wildman–Crippen LogP) is -0.623. The van der Waals surface area contributed by atoms with Gasteiger partial charge in [-0.3, -0.25) is 4.79 Å². The van der Waals surface area contributed by atoms with Gasteiger partial charge in [-0.1, -0.05) is 6.92 Å². The van der Waals surface area contributed by atoms with Gasteiger partial charge in [0.25, 0.3) is 5.78 Å². The summed E-state index contributed by atoms with van der Waals surface area (Å²) in [5, 5.41) is 8.05. The lowest BCUT2D eigenvalue weighted by Gasteiger charge is -2.00. The second-order valence-electron chi connectivity index (χ2n) is 1.68. The molecule has 0 rings (SSSR count). The molecule has 0 heterocycles. The van der Waals surface area contributed by atoms with E-state index in [9.17, 15) is 9.59 Å². The van der Waals surface area contributed by atoms with Gasteiger partial charge < -0.3 is 10.8 Å². The standard InChI is InChI=1S/C5H9NO3/c1-2-3(6)4(7)5(8)9/h3H,2,6H2,1H3,(H,8,9)/t3-/m1/s1. The molecule has 0 radical (unpaired) electrons. The fourth-order valence-corrected chi connectivity index (χ4v) is 0.344. The lowest BCUT2D eigenvalue weighted by Crippen LogP contribution is -2.34. The van der Waals surface area contributed by atoms with E-state index in [0.29, 0.717) is 6.42 Å². The average molecular weight is 131 g/mol. The summed E-state index contributed by atoms with van der Waals surface area (Å²) in [6.07, 6.45) is 0.366. The Bertz CT molecular complexity index is 132. The van der Waals surface area contributed by atoms with Crippen LogP contribution in [0.4, 0.5) is 0 Å². The number of carbonyl (C=O) groups is 2. The van der Waals surface area contributed by atoms with Crippen molar-refractivity contribution in [3.63, 3.8) is 0 Å². The Balaban J connectivity index is 3.88. The van der Waals surface area contributed by atoms with Crippen LogP contribution < -0.4 is 5.73 Å². The van der Waals surface area contributed by atoms with Crippen molar-refractivity contribution in [2.24, 2.45) is 5.73 Å². The quantitative estimate of drug-likeness (QED) is 0.500. The van der Waals surface area contributed by atoms with Gasteiger partial charge in [0.2, 0.25) is 0 Å². The van der Waals surface area contributed by atoms with Crippen LogP contribution in [-0.2, 0) is 9.59 Å². The van der Waals surface area contributed by atoms with Crippen molar-refractivity contribution in [1.82, 2.24) is 0 Å². The van der Waals surface area contributed by atoms with Gasteiger partial charge in [0.15, 0.2) is 0 Å². The Morgan fingerprint density at radius 3 is 2.22 bits per heavy atom. The van der Waals surface area contributed by atoms with E-state index in [0.717, 1.165) is 0 Å². The number of rotatable bonds is 3. The fourth-order valence-electron chi connectivity index (χ4n) is 0.344. The third-order valence-electron chi connectivity index (χ3n) is 0.987. The Labute approximate surface area is 52.7 Å². The summed E-state index contributed by atoms with van der Waals surface area (Å²) < 4.78 is 0. The van der Waals surface area contributed by atoms with Crippen molar-refractivity contribution in [1.29, 1.82) is 0 Å². The molecule has 0 aliphatic carbocycles. The minimum absolute atomic E-state index is 0.366. The minimum Gasteiger partial charge on any atom is -0.475 e. The molecule has 0 saturated heterocycles. The normalized spacial score (nSPS) is 12.7. The van der Waals surface area contributed by atoms with Crippen molar-refractivity contribution < 1.29 is 14.7 Å². The van der Waals surface area contributed by atoms with E-state index in [2.05, 4.69) is 0 Å². The van der Waals surface area contributed by atoms with Crippen LogP contribution in [0.1, 0.15) is 13.3 Å². The Morgan fingerprint density at radius 1 is 1.67 bits per heavy atom. The van der Waals surface area contributed by atoms with Gasteiger partial charge in [0.05, 0.1) is 6.04 Å². The molecule has 3 N–H and O–H groups in total. The molecule has 0 spiro atoms. The van der Waals surface area contributed by atoms with Crippen LogP contribution in [0.3, 0.4) is 0 Å². The second kappa shape index (κ2) is 3.19. The smallest absolute Gasteiger partial charge is 0.373 e. The third kappa shape index (κ3) is 2.23. The summed E-state index contributed by atoms with van der Waals surface area (Å²) in [5.74, 6) is -2.37. The minimum atomic E-state index is -1.45. The first-order chi connectivity index (χ1) is 4.09. The summed E-state index contributed by atoms with van der Waals surface area (Å²) in [6, 6.07) is -0.845. The number of carbonyl (C=O) groups excluding carboxylic acids is 1. The molecule has 0 amide bonds. The van der Waals surface area contributed by atoms with Gasteiger partial charge >= 0.3 is 5.97 Å². The lowest BCUT2D eigenvalue weighted by molar-refractivity contribution is -0.149. The fraction of sp³-hybridized carbons (Fsp3) is 0.600. The predicted molar refractivity (Wildman–Crippen MR) is 30.9 cm³/mol. The van der Waals surface area contributed by atoms with Crippen molar-refractivity contribution >= 4 is 11.8 Å². The number of nitrogens with two attached hydrogens (primary N) is 1.